The molecule has 0 aromatic rings. The van der Waals surface area contributed by atoms with Crippen LogP contribution in [0.25, 0.3) is 0 Å². The molecule has 4 rings (SSSR count). The fourth-order valence-corrected chi connectivity index (χ4v) is 4.97. The van der Waals surface area contributed by atoms with Gasteiger partial charge in [-0.05, 0) is 48.3 Å². The van der Waals surface area contributed by atoms with Gasteiger partial charge in [-0.1, -0.05) is 13.0 Å². The Hall–Kier alpha value is -0.380. The van der Waals surface area contributed by atoms with Crippen molar-refractivity contribution in [2.75, 3.05) is 19.6 Å². The molecule has 4 aliphatic rings. The molecule has 0 radical (unpaired) electrons. The standard InChI is InChI=1S/C15H20N2S.ClH/c1-10-7-11-12-9-16-4-3-13(12)17-5-2-6-18-14(8-10)15(11)17;/h2,6,10,13,16H,3-5,7-9H2,1H3;1H. The van der Waals surface area contributed by atoms with Crippen molar-refractivity contribution in [1.82, 2.24) is 10.2 Å². The number of halogens is 1. The molecule has 1 fully saturated rings. The van der Waals surface area contributed by atoms with E-state index in [1.54, 1.807) is 21.7 Å². The van der Waals surface area contributed by atoms with E-state index < -0.39 is 0 Å². The van der Waals surface area contributed by atoms with Crippen LogP contribution in [0.3, 0.4) is 0 Å². The summed E-state index contributed by atoms with van der Waals surface area (Å²) in [4.78, 5) is 4.31. The molecule has 1 N–H and O–H groups in total. The third kappa shape index (κ3) is 2.07. The van der Waals surface area contributed by atoms with Gasteiger partial charge in [-0.15, -0.1) is 24.2 Å². The van der Waals surface area contributed by atoms with Gasteiger partial charge in [0.25, 0.3) is 0 Å². The smallest absolute Gasteiger partial charge is 0.0537 e. The zero-order valence-corrected chi connectivity index (χ0v) is 12.9. The van der Waals surface area contributed by atoms with Crippen LogP contribution in [0.2, 0.25) is 0 Å². The maximum Gasteiger partial charge on any atom is 0.0537 e. The van der Waals surface area contributed by atoms with Gasteiger partial charge in [0.2, 0.25) is 0 Å². The molecule has 4 heteroatoms. The van der Waals surface area contributed by atoms with E-state index in [1.165, 1.54) is 25.8 Å². The van der Waals surface area contributed by atoms with E-state index in [4.69, 9.17) is 0 Å². The molecular formula is C15H21ClN2S. The maximum atomic E-state index is 3.57. The highest BCUT2D eigenvalue weighted by molar-refractivity contribution is 8.05. The second kappa shape index (κ2) is 5.19. The number of nitrogens with zero attached hydrogens (tertiary/aromatic N) is 1. The van der Waals surface area contributed by atoms with Crippen molar-refractivity contribution in [3.8, 4) is 0 Å². The van der Waals surface area contributed by atoms with Gasteiger partial charge in [0.15, 0.2) is 0 Å². The number of rotatable bonds is 0. The van der Waals surface area contributed by atoms with E-state index in [-0.39, 0.29) is 12.4 Å². The van der Waals surface area contributed by atoms with Crippen LogP contribution in [0.5, 0.6) is 0 Å². The zero-order chi connectivity index (χ0) is 12.1. The van der Waals surface area contributed by atoms with Gasteiger partial charge in [-0.25, -0.2) is 0 Å². The summed E-state index contributed by atoms with van der Waals surface area (Å²) in [7, 11) is 0. The summed E-state index contributed by atoms with van der Waals surface area (Å²) in [6.45, 7) is 5.81. The third-order valence-corrected chi connectivity index (χ3v) is 5.58. The monoisotopic (exact) mass is 296 g/mol. The third-order valence-electron chi connectivity index (χ3n) is 4.61. The van der Waals surface area contributed by atoms with Crippen molar-refractivity contribution in [3.63, 3.8) is 0 Å². The first-order valence-electron chi connectivity index (χ1n) is 7.09. The highest BCUT2D eigenvalue weighted by atomic mass is 35.5. The molecule has 0 amide bonds. The number of thioether (sulfide) groups is 1. The average molecular weight is 297 g/mol. The van der Waals surface area contributed by atoms with Crippen molar-refractivity contribution in [2.45, 2.75) is 32.2 Å². The first kappa shape index (κ1) is 13.6. The molecule has 0 saturated carbocycles. The minimum absolute atomic E-state index is 0. The molecule has 2 nitrogen and oxygen atoms in total. The molecule has 2 unspecified atom stereocenters. The molecule has 1 aliphatic carbocycles. The number of fused-ring (bicyclic) bond motifs is 2. The van der Waals surface area contributed by atoms with E-state index in [0.29, 0.717) is 6.04 Å². The van der Waals surface area contributed by atoms with Gasteiger partial charge in [-0.3, -0.25) is 0 Å². The number of nitrogens with one attached hydrogen (secondary N) is 1. The predicted octanol–water partition coefficient (Wildman–Crippen LogP) is 3.28. The zero-order valence-electron chi connectivity index (χ0n) is 11.3. The Bertz CT molecular complexity index is 481. The Labute approximate surface area is 125 Å². The number of hydrogen-bond acceptors (Lipinski definition) is 3. The molecule has 19 heavy (non-hydrogen) atoms. The summed E-state index contributed by atoms with van der Waals surface area (Å²) in [5.41, 5.74) is 5.01. The first-order valence-corrected chi connectivity index (χ1v) is 7.97. The fourth-order valence-electron chi connectivity index (χ4n) is 3.89. The van der Waals surface area contributed by atoms with E-state index in [1.807, 2.05) is 11.8 Å². The Morgan fingerprint density at radius 3 is 3.16 bits per heavy atom. The molecule has 0 aromatic heterocycles. The Balaban J connectivity index is 0.00000110. The molecule has 3 aliphatic heterocycles. The summed E-state index contributed by atoms with van der Waals surface area (Å²) in [6.07, 6.45) is 6.19. The van der Waals surface area contributed by atoms with Crippen molar-refractivity contribution in [2.24, 2.45) is 5.92 Å². The predicted molar refractivity (Wildman–Crippen MR) is 84.4 cm³/mol. The maximum absolute atomic E-state index is 3.57. The second-order valence-corrected chi connectivity index (χ2v) is 6.91. The lowest BCUT2D eigenvalue weighted by Gasteiger charge is -2.33. The van der Waals surface area contributed by atoms with E-state index in [0.717, 1.165) is 19.0 Å². The van der Waals surface area contributed by atoms with Crippen LogP contribution in [-0.4, -0.2) is 30.6 Å². The Morgan fingerprint density at radius 2 is 2.26 bits per heavy atom. The topological polar surface area (TPSA) is 15.3 Å². The van der Waals surface area contributed by atoms with Crippen LogP contribution in [0.15, 0.2) is 33.2 Å². The van der Waals surface area contributed by atoms with Gasteiger partial charge < -0.3 is 10.2 Å². The molecule has 0 bridgehead atoms. The van der Waals surface area contributed by atoms with Crippen molar-refractivity contribution < 1.29 is 0 Å². The lowest BCUT2D eigenvalue weighted by molar-refractivity contribution is 0.298. The van der Waals surface area contributed by atoms with Crippen LogP contribution in [-0.2, 0) is 0 Å². The SMILES string of the molecule is CC1CC2=C3C(=C4CNCCC4N3CC=CS2)C1.Cl. The summed E-state index contributed by atoms with van der Waals surface area (Å²) >= 11 is 1.97. The van der Waals surface area contributed by atoms with Crippen LogP contribution >= 0.6 is 24.2 Å². The second-order valence-electron chi connectivity index (χ2n) is 5.91. The van der Waals surface area contributed by atoms with Gasteiger partial charge >= 0.3 is 0 Å². The Kier molecular flexibility index (Phi) is 3.71. The summed E-state index contributed by atoms with van der Waals surface area (Å²) < 4.78 is 0. The lowest BCUT2D eigenvalue weighted by Crippen LogP contribution is -2.40. The lowest BCUT2D eigenvalue weighted by atomic mass is 9.87. The minimum atomic E-state index is 0. The van der Waals surface area contributed by atoms with Crippen molar-refractivity contribution >= 4 is 24.2 Å². The van der Waals surface area contributed by atoms with Crippen molar-refractivity contribution in [1.29, 1.82) is 0 Å². The molecule has 1 saturated heterocycles. The summed E-state index contributed by atoms with van der Waals surface area (Å²) in [5, 5.41) is 5.87. The highest BCUT2D eigenvalue weighted by Crippen LogP contribution is 2.49. The molecule has 3 heterocycles. The molecular weight excluding hydrogens is 276 g/mol. The quantitative estimate of drug-likeness (QED) is 0.738. The average Bonchev–Trinajstić information content (AvgIpc) is 2.55. The number of hydrogen-bond donors (Lipinski definition) is 1. The molecule has 104 valence electrons. The van der Waals surface area contributed by atoms with E-state index in [2.05, 4.69) is 28.6 Å². The molecule has 2 atom stereocenters. The van der Waals surface area contributed by atoms with Gasteiger partial charge in [0.05, 0.1) is 11.7 Å². The highest BCUT2D eigenvalue weighted by Gasteiger charge is 2.40. The largest absolute Gasteiger partial charge is 0.360 e. The van der Waals surface area contributed by atoms with Crippen molar-refractivity contribution in [3.05, 3.63) is 33.2 Å². The Morgan fingerprint density at radius 1 is 1.37 bits per heavy atom. The van der Waals surface area contributed by atoms with Gasteiger partial charge in [0, 0.05) is 18.0 Å². The van der Waals surface area contributed by atoms with Crippen LogP contribution in [0, 0.1) is 5.92 Å². The van der Waals surface area contributed by atoms with Crippen LogP contribution in [0.1, 0.15) is 26.2 Å². The fraction of sp³-hybridized carbons (Fsp3) is 0.600. The first-order chi connectivity index (χ1) is 8.84. The minimum Gasteiger partial charge on any atom is -0.360 e. The van der Waals surface area contributed by atoms with Gasteiger partial charge in [-0.2, -0.15) is 0 Å². The van der Waals surface area contributed by atoms with Crippen LogP contribution in [0.4, 0.5) is 0 Å². The summed E-state index contributed by atoms with van der Waals surface area (Å²) in [6, 6.07) is 0.694. The molecule has 0 spiro atoms. The van der Waals surface area contributed by atoms with Crippen LogP contribution < -0.4 is 5.32 Å². The van der Waals surface area contributed by atoms with Gasteiger partial charge in [0.1, 0.15) is 0 Å². The van der Waals surface area contributed by atoms with E-state index >= 15 is 0 Å². The summed E-state index contributed by atoms with van der Waals surface area (Å²) in [5.74, 6) is 0.813. The number of piperidine rings is 1. The molecule has 0 aromatic carbocycles. The normalized spacial score (nSPS) is 32.8. The number of allylic oxidation sites excluding steroid dienone is 2. The van der Waals surface area contributed by atoms with E-state index in [9.17, 15) is 0 Å².